The van der Waals surface area contributed by atoms with Crippen LogP contribution in [0.25, 0.3) is 0 Å². The molecule has 0 spiro atoms. The molecule has 0 radical (unpaired) electrons. The van der Waals surface area contributed by atoms with E-state index in [1.165, 1.54) is 24.1 Å². The fraction of sp³-hybridized carbons (Fsp3) is 0.714. The van der Waals surface area contributed by atoms with Crippen LogP contribution in [0.4, 0.5) is 10.2 Å². The van der Waals surface area contributed by atoms with Gasteiger partial charge in [-0.3, -0.25) is 4.39 Å². The maximum absolute atomic E-state index is 12.8. The monoisotopic (exact) mass is 249 g/mol. The predicted molar refractivity (Wildman–Crippen MR) is 69.6 cm³/mol. The Kier molecular flexibility index (Phi) is 3.43. The van der Waals surface area contributed by atoms with Crippen LogP contribution in [0.15, 0.2) is 6.07 Å². The molecule has 0 amide bonds. The molecule has 18 heavy (non-hydrogen) atoms. The first-order valence-electron chi connectivity index (χ1n) is 7.03. The maximum atomic E-state index is 12.8. The molecule has 1 aromatic heterocycles. The van der Waals surface area contributed by atoms with E-state index in [1.807, 2.05) is 0 Å². The van der Waals surface area contributed by atoms with Crippen LogP contribution in [0.2, 0.25) is 0 Å². The predicted octanol–water partition coefficient (Wildman–Crippen LogP) is 2.54. The van der Waals surface area contributed by atoms with Gasteiger partial charge in [0.25, 0.3) is 0 Å². The lowest BCUT2D eigenvalue weighted by molar-refractivity contribution is 0.315. The van der Waals surface area contributed by atoms with Gasteiger partial charge in [0, 0.05) is 19.0 Å². The summed E-state index contributed by atoms with van der Waals surface area (Å²) in [6.45, 7) is 1.57. The number of aryl methyl sites for hydroxylation is 2. The van der Waals surface area contributed by atoms with Gasteiger partial charge in [-0.1, -0.05) is 0 Å². The van der Waals surface area contributed by atoms with Gasteiger partial charge in [0.1, 0.15) is 0 Å². The molecule has 0 N–H and O–H groups in total. The zero-order valence-electron chi connectivity index (χ0n) is 10.7. The van der Waals surface area contributed by atoms with E-state index >= 15 is 0 Å². The summed E-state index contributed by atoms with van der Waals surface area (Å²) in [6.07, 6.45) is 6.74. The normalized spacial score (nSPS) is 23.8. The second kappa shape index (κ2) is 5.21. The van der Waals surface area contributed by atoms with Crippen molar-refractivity contribution in [2.45, 2.75) is 38.5 Å². The molecular formula is C14H20FN3. The molecule has 3 nitrogen and oxygen atoms in total. The number of rotatable bonds is 2. The SMILES string of the molecule is FCC1CCCN(c2cc3c(nn2)CCCC3)C1. The number of piperidine rings is 1. The van der Waals surface area contributed by atoms with E-state index < -0.39 is 0 Å². The third-order valence-electron chi connectivity index (χ3n) is 4.12. The molecule has 0 saturated carbocycles. The molecule has 98 valence electrons. The zero-order chi connectivity index (χ0) is 12.4. The molecule has 0 aromatic carbocycles. The Balaban J connectivity index is 1.79. The molecule has 4 heteroatoms. The number of halogens is 1. The summed E-state index contributed by atoms with van der Waals surface area (Å²) in [5, 5.41) is 8.70. The van der Waals surface area contributed by atoms with Gasteiger partial charge in [0.05, 0.1) is 12.4 Å². The van der Waals surface area contributed by atoms with Crippen LogP contribution in [-0.4, -0.2) is 30.0 Å². The molecule has 1 aliphatic heterocycles. The van der Waals surface area contributed by atoms with Crippen molar-refractivity contribution < 1.29 is 4.39 Å². The van der Waals surface area contributed by atoms with Gasteiger partial charge in [-0.15, -0.1) is 5.10 Å². The summed E-state index contributed by atoms with van der Waals surface area (Å²) >= 11 is 0. The summed E-state index contributed by atoms with van der Waals surface area (Å²) in [7, 11) is 0. The first-order valence-corrected chi connectivity index (χ1v) is 7.03. The van der Waals surface area contributed by atoms with Crippen LogP contribution in [-0.2, 0) is 12.8 Å². The summed E-state index contributed by atoms with van der Waals surface area (Å²) < 4.78 is 12.8. The number of fused-ring (bicyclic) bond motifs is 1. The number of hydrogen-bond donors (Lipinski definition) is 0. The molecule has 1 saturated heterocycles. The highest BCUT2D eigenvalue weighted by Gasteiger charge is 2.22. The summed E-state index contributed by atoms with van der Waals surface area (Å²) in [5.74, 6) is 1.13. The Morgan fingerprint density at radius 2 is 2.11 bits per heavy atom. The topological polar surface area (TPSA) is 29.0 Å². The number of hydrogen-bond acceptors (Lipinski definition) is 3. The Morgan fingerprint density at radius 1 is 1.22 bits per heavy atom. The minimum absolute atomic E-state index is 0.177. The molecule has 2 aliphatic rings. The average molecular weight is 249 g/mol. The first-order chi connectivity index (χ1) is 8.86. The number of anilines is 1. The second-order valence-electron chi connectivity index (χ2n) is 5.49. The molecule has 1 fully saturated rings. The number of nitrogens with zero attached hydrogens (tertiary/aromatic N) is 3. The lowest BCUT2D eigenvalue weighted by atomic mass is 9.96. The van der Waals surface area contributed by atoms with Gasteiger partial charge in [0.15, 0.2) is 5.82 Å². The summed E-state index contributed by atoms with van der Waals surface area (Å²) in [5.41, 5.74) is 2.53. The second-order valence-corrected chi connectivity index (χ2v) is 5.49. The van der Waals surface area contributed by atoms with E-state index in [0.717, 1.165) is 44.6 Å². The lowest BCUT2D eigenvalue weighted by Gasteiger charge is -2.32. The molecule has 2 heterocycles. The first kappa shape index (κ1) is 11.9. The largest absolute Gasteiger partial charge is 0.355 e. The van der Waals surface area contributed by atoms with E-state index in [4.69, 9.17) is 0 Å². The fourth-order valence-corrected chi connectivity index (χ4v) is 3.03. The minimum atomic E-state index is -0.213. The number of alkyl halides is 1. The highest BCUT2D eigenvalue weighted by Crippen LogP contribution is 2.25. The molecule has 1 aliphatic carbocycles. The van der Waals surface area contributed by atoms with E-state index in [9.17, 15) is 4.39 Å². The van der Waals surface area contributed by atoms with E-state index in [0.29, 0.717) is 0 Å². The van der Waals surface area contributed by atoms with Crippen molar-refractivity contribution in [3.8, 4) is 0 Å². The molecule has 1 aromatic rings. The van der Waals surface area contributed by atoms with Gasteiger partial charge < -0.3 is 4.90 Å². The summed E-state index contributed by atoms with van der Waals surface area (Å²) in [6, 6.07) is 2.18. The number of aromatic nitrogens is 2. The Hall–Kier alpha value is -1.19. The van der Waals surface area contributed by atoms with E-state index in [2.05, 4.69) is 21.2 Å². The smallest absolute Gasteiger partial charge is 0.151 e. The van der Waals surface area contributed by atoms with Crippen molar-refractivity contribution in [2.24, 2.45) is 5.92 Å². The van der Waals surface area contributed by atoms with Crippen LogP contribution in [0, 0.1) is 5.92 Å². The van der Waals surface area contributed by atoms with E-state index in [-0.39, 0.29) is 12.6 Å². The standard InChI is InChI=1S/C14H20FN3/c15-9-11-4-3-7-18(10-11)14-8-12-5-1-2-6-13(12)16-17-14/h8,11H,1-7,9-10H2. The maximum Gasteiger partial charge on any atom is 0.151 e. The van der Waals surface area contributed by atoms with Gasteiger partial charge in [-0.2, -0.15) is 5.10 Å². The Bertz CT molecular complexity index is 422. The third kappa shape index (κ3) is 2.33. The molecule has 3 rings (SSSR count). The third-order valence-corrected chi connectivity index (χ3v) is 4.12. The fourth-order valence-electron chi connectivity index (χ4n) is 3.03. The highest BCUT2D eigenvalue weighted by atomic mass is 19.1. The quantitative estimate of drug-likeness (QED) is 0.806. The van der Waals surface area contributed by atoms with Crippen molar-refractivity contribution >= 4 is 5.82 Å². The Labute approximate surface area is 107 Å². The highest BCUT2D eigenvalue weighted by molar-refractivity contribution is 5.42. The van der Waals surface area contributed by atoms with Crippen molar-refractivity contribution in [2.75, 3.05) is 24.7 Å². The van der Waals surface area contributed by atoms with E-state index in [1.54, 1.807) is 0 Å². The van der Waals surface area contributed by atoms with Crippen LogP contribution >= 0.6 is 0 Å². The Morgan fingerprint density at radius 3 is 3.00 bits per heavy atom. The van der Waals surface area contributed by atoms with Crippen LogP contribution in [0.5, 0.6) is 0 Å². The lowest BCUT2D eigenvalue weighted by Crippen LogP contribution is -2.37. The van der Waals surface area contributed by atoms with Crippen molar-refractivity contribution in [1.82, 2.24) is 10.2 Å². The molecular weight excluding hydrogens is 229 g/mol. The van der Waals surface area contributed by atoms with Crippen LogP contribution < -0.4 is 4.90 Å². The van der Waals surface area contributed by atoms with Gasteiger partial charge in [0.2, 0.25) is 0 Å². The molecule has 1 atom stereocenters. The molecule has 1 unspecified atom stereocenters. The van der Waals surface area contributed by atoms with Gasteiger partial charge in [-0.05, 0) is 50.2 Å². The molecule has 0 bridgehead atoms. The van der Waals surface area contributed by atoms with Crippen molar-refractivity contribution in [3.05, 3.63) is 17.3 Å². The minimum Gasteiger partial charge on any atom is -0.355 e. The zero-order valence-corrected chi connectivity index (χ0v) is 10.7. The summed E-state index contributed by atoms with van der Waals surface area (Å²) in [4.78, 5) is 2.20. The van der Waals surface area contributed by atoms with Crippen LogP contribution in [0.1, 0.15) is 36.9 Å². The van der Waals surface area contributed by atoms with Crippen LogP contribution in [0.3, 0.4) is 0 Å². The van der Waals surface area contributed by atoms with Crippen molar-refractivity contribution in [1.29, 1.82) is 0 Å². The van der Waals surface area contributed by atoms with Crippen molar-refractivity contribution in [3.63, 3.8) is 0 Å². The van der Waals surface area contributed by atoms with Gasteiger partial charge in [-0.25, -0.2) is 0 Å². The average Bonchev–Trinajstić information content (AvgIpc) is 2.47. The van der Waals surface area contributed by atoms with Gasteiger partial charge >= 0.3 is 0 Å².